The van der Waals surface area contributed by atoms with E-state index in [0.29, 0.717) is 28.2 Å². The second kappa shape index (κ2) is 9.79. The van der Waals surface area contributed by atoms with Crippen molar-refractivity contribution in [2.75, 3.05) is 5.75 Å². The lowest BCUT2D eigenvalue weighted by Gasteiger charge is -2.09. The summed E-state index contributed by atoms with van der Waals surface area (Å²) < 4.78 is 13.2. The maximum atomic E-state index is 13.1. The molecular weight excluding hydrogens is 474 g/mol. The van der Waals surface area contributed by atoms with E-state index in [1.54, 1.807) is 6.07 Å². The van der Waals surface area contributed by atoms with E-state index in [1.165, 1.54) is 16.4 Å². The summed E-state index contributed by atoms with van der Waals surface area (Å²) in [6.45, 7) is 0.350. The van der Waals surface area contributed by atoms with Crippen LogP contribution in [0.25, 0.3) is 33.5 Å². The molecule has 0 radical (unpaired) electrons. The lowest BCUT2D eigenvalue weighted by Crippen LogP contribution is -2.24. The first kappa shape index (κ1) is 22.2. The number of para-hydroxylation sites is 2. The molecule has 0 unspecified atom stereocenters. The Morgan fingerprint density at radius 1 is 0.833 bits per heavy atom. The van der Waals surface area contributed by atoms with Gasteiger partial charge in [0, 0.05) is 17.6 Å². The van der Waals surface area contributed by atoms with Gasteiger partial charge in [-0.3, -0.25) is 4.79 Å². The minimum absolute atomic E-state index is 0.161. The first-order valence-corrected chi connectivity index (χ1v) is 12.6. The predicted molar refractivity (Wildman–Crippen MR) is 138 cm³/mol. The monoisotopic (exact) mass is 495 g/mol. The Morgan fingerprint density at radius 2 is 1.61 bits per heavy atom. The Morgan fingerprint density at radius 3 is 2.47 bits per heavy atom. The van der Waals surface area contributed by atoms with Gasteiger partial charge in [-0.15, -0.1) is 10.2 Å². The molecule has 3 aromatic carbocycles. The van der Waals surface area contributed by atoms with Gasteiger partial charge in [-0.05, 0) is 30.2 Å². The highest BCUT2D eigenvalue weighted by atomic mass is 32.2. The normalized spacial score (nSPS) is 11.4. The number of oxazole rings is 1. The Kier molecular flexibility index (Phi) is 6.05. The van der Waals surface area contributed by atoms with Gasteiger partial charge in [-0.2, -0.15) is 5.10 Å². The van der Waals surface area contributed by atoms with Gasteiger partial charge in [0.1, 0.15) is 5.52 Å². The van der Waals surface area contributed by atoms with E-state index in [1.807, 2.05) is 72.8 Å². The standard InChI is InChI=1S/C27H21N5O3S/c33-26-20-12-5-4-11-19(20)24(31-32(26)17-18-9-2-1-3-10-18)25-29-30-27(35-25)36-16-8-15-23-28-21-13-6-7-14-22(21)34-23/h1-7,9-14H,8,15-17H2. The molecule has 36 heavy (non-hydrogen) atoms. The summed E-state index contributed by atoms with van der Waals surface area (Å²) in [6, 6.07) is 24.8. The molecule has 3 aromatic heterocycles. The van der Waals surface area contributed by atoms with E-state index in [9.17, 15) is 4.79 Å². The number of benzene rings is 3. The molecule has 3 heterocycles. The fraction of sp³-hybridized carbons (Fsp3) is 0.148. The van der Waals surface area contributed by atoms with E-state index in [0.717, 1.165) is 41.1 Å². The van der Waals surface area contributed by atoms with Gasteiger partial charge in [-0.25, -0.2) is 9.67 Å². The Balaban J connectivity index is 1.20. The number of nitrogens with zero attached hydrogens (tertiary/aromatic N) is 5. The second-order valence-corrected chi connectivity index (χ2v) is 9.29. The molecule has 6 aromatic rings. The summed E-state index contributed by atoms with van der Waals surface area (Å²) in [4.78, 5) is 17.6. The highest BCUT2D eigenvalue weighted by Gasteiger charge is 2.18. The van der Waals surface area contributed by atoms with Crippen molar-refractivity contribution in [2.24, 2.45) is 0 Å². The molecule has 0 atom stereocenters. The summed E-state index contributed by atoms with van der Waals surface area (Å²) in [6.07, 6.45) is 1.57. The predicted octanol–water partition coefficient (Wildman–Crippen LogP) is 5.36. The van der Waals surface area contributed by atoms with E-state index in [-0.39, 0.29) is 11.4 Å². The molecule has 0 aliphatic heterocycles. The third kappa shape index (κ3) is 4.52. The van der Waals surface area contributed by atoms with E-state index < -0.39 is 0 Å². The van der Waals surface area contributed by atoms with Gasteiger partial charge in [-0.1, -0.05) is 72.4 Å². The lowest BCUT2D eigenvalue weighted by molar-refractivity contribution is 0.462. The minimum atomic E-state index is -0.161. The number of fused-ring (bicyclic) bond motifs is 2. The van der Waals surface area contributed by atoms with Crippen LogP contribution in [0, 0.1) is 0 Å². The average molecular weight is 496 g/mol. The zero-order valence-electron chi connectivity index (χ0n) is 19.2. The first-order valence-electron chi connectivity index (χ1n) is 11.6. The molecule has 6 rings (SSSR count). The molecule has 0 saturated carbocycles. The van der Waals surface area contributed by atoms with Gasteiger partial charge >= 0.3 is 0 Å². The lowest BCUT2D eigenvalue weighted by atomic mass is 10.1. The number of rotatable bonds is 8. The average Bonchev–Trinajstić information content (AvgIpc) is 3.56. The van der Waals surface area contributed by atoms with Crippen LogP contribution in [-0.2, 0) is 13.0 Å². The van der Waals surface area contributed by atoms with E-state index in [4.69, 9.17) is 8.83 Å². The molecule has 0 aliphatic carbocycles. The van der Waals surface area contributed by atoms with Crippen LogP contribution in [0.1, 0.15) is 17.9 Å². The van der Waals surface area contributed by atoms with E-state index >= 15 is 0 Å². The minimum Gasteiger partial charge on any atom is -0.441 e. The zero-order valence-corrected chi connectivity index (χ0v) is 20.0. The van der Waals surface area contributed by atoms with Crippen molar-refractivity contribution < 1.29 is 8.83 Å². The van der Waals surface area contributed by atoms with Gasteiger partial charge in [0.05, 0.1) is 11.9 Å². The van der Waals surface area contributed by atoms with Crippen LogP contribution in [0.5, 0.6) is 0 Å². The molecule has 9 heteroatoms. The van der Waals surface area contributed by atoms with Crippen molar-refractivity contribution in [1.82, 2.24) is 25.0 Å². The van der Waals surface area contributed by atoms with Crippen LogP contribution in [0.3, 0.4) is 0 Å². The van der Waals surface area contributed by atoms with Crippen molar-refractivity contribution in [3.63, 3.8) is 0 Å². The number of hydrogen-bond acceptors (Lipinski definition) is 8. The van der Waals surface area contributed by atoms with Crippen molar-refractivity contribution in [3.05, 3.63) is 101 Å². The van der Waals surface area contributed by atoms with Crippen LogP contribution < -0.4 is 5.56 Å². The molecule has 0 fully saturated rings. The Hall–Kier alpha value is -4.24. The number of thioether (sulfide) groups is 1. The molecule has 0 spiro atoms. The molecule has 0 saturated heterocycles. The van der Waals surface area contributed by atoms with Gasteiger partial charge in [0.15, 0.2) is 17.2 Å². The highest BCUT2D eigenvalue weighted by molar-refractivity contribution is 7.99. The largest absolute Gasteiger partial charge is 0.441 e. The molecule has 0 N–H and O–H groups in total. The Bertz CT molecular complexity index is 1670. The molecule has 0 aliphatic rings. The third-order valence-corrected chi connectivity index (χ3v) is 6.66. The SMILES string of the molecule is O=c1c2ccccc2c(-c2nnc(SCCCc3nc4ccccc4o3)o2)nn1Cc1ccccc1. The molecule has 0 amide bonds. The van der Waals surface area contributed by atoms with Crippen LogP contribution in [0.4, 0.5) is 0 Å². The number of aromatic nitrogens is 5. The fourth-order valence-electron chi connectivity index (χ4n) is 4.03. The quantitative estimate of drug-likeness (QED) is 0.205. The molecule has 178 valence electrons. The van der Waals surface area contributed by atoms with Crippen molar-refractivity contribution in [3.8, 4) is 11.6 Å². The smallest absolute Gasteiger partial charge is 0.276 e. The highest BCUT2D eigenvalue weighted by Crippen LogP contribution is 2.27. The summed E-state index contributed by atoms with van der Waals surface area (Å²) in [5, 5.41) is 14.7. The van der Waals surface area contributed by atoms with Crippen LogP contribution in [-0.4, -0.2) is 30.7 Å². The Labute approximate surface area is 210 Å². The van der Waals surface area contributed by atoms with Crippen LogP contribution in [0.15, 0.2) is 97.7 Å². The summed E-state index contributed by atoms with van der Waals surface area (Å²) in [5.74, 6) is 1.77. The maximum Gasteiger partial charge on any atom is 0.276 e. The summed E-state index contributed by atoms with van der Waals surface area (Å²) in [5.41, 5.74) is 2.98. The molecule has 8 nitrogen and oxygen atoms in total. The van der Waals surface area contributed by atoms with Crippen molar-refractivity contribution >= 4 is 33.6 Å². The van der Waals surface area contributed by atoms with Crippen LogP contribution in [0.2, 0.25) is 0 Å². The summed E-state index contributed by atoms with van der Waals surface area (Å²) in [7, 11) is 0. The van der Waals surface area contributed by atoms with Crippen LogP contribution >= 0.6 is 11.8 Å². The first-order chi connectivity index (χ1) is 17.7. The number of aryl methyl sites for hydroxylation is 1. The van der Waals surface area contributed by atoms with Gasteiger partial charge < -0.3 is 8.83 Å². The molecule has 0 bridgehead atoms. The van der Waals surface area contributed by atoms with Crippen molar-refractivity contribution in [2.45, 2.75) is 24.6 Å². The third-order valence-electron chi connectivity index (χ3n) is 5.75. The summed E-state index contributed by atoms with van der Waals surface area (Å²) >= 11 is 1.47. The number of hydrogen-bond donors (Lipinski definition) is 0. The van der Waals surface area contributed by atoms with Gasteiger partial charge in [0.2, 0.25) is 0 Å². The van der Waals surface area contributed by atoms with Crippen molar-refractivity contribution in [1.29, 1.82) is 0 Å². The maximum absolute atomic E-state index is 13.1. The topological polar surface area (TPSA) is 99.8 Å². The van der Waals surface area contributed by atoms with Gasteiger partial charge in [0.25, 0.3) is 16.7 Å². The van der Waals surface area contributed by atoms with E-state index in [2.05, 4.69) is 20.3 Å². The second-order valence-electron chi connectivity index (χ2n) is 8.24. The fourth-order valence-corrected chi connectivity index (χ4v) is 4.73. The zero-order chi connectivity index (χ0) is 24.3. The molecular formula is C27H21N5O3S.